The molecule has 1 aliphatic carbocycles. The molecule has 3 aromatic rings. The van der Waals surface area contributed by atoms with Gasteiger partial charge in [-0.3, -0.25) is 0 Å². The summed E-state index contributed by atoms with van der Waals surface area (Å²) in [5, 5.41) is 32.3. The Hall–Kier alpha value is -3.75. The van der Waals surface area contributed by atoms with Crippen molar-refractivity contribution < 1.29 is 34.0 Å². The van der Waals surface area contributed by atoms with Gasteiger partial charge in [-0.25, -0.2) is 14.0 Å². The lowest BCUT2D eigenvalue weighted by Crippen LogP contribution is -2.31. The maximum Gasteiger partial charge on any atom is 0.407 e. The second-order valence-corrected chi connectivity index (χ2v) is 8.09. The van der Waals surface area contributed by atoms with Crippen molar-refractivity contribution in [3.63, 3.8) is 0 Å². The topological polar surface area (TPSA) is 116 Å². The number of rotatable bonds is 8. The minimum Gasteiger partial charge on any atom is -0.478 e. The summed E-state index contributed by atoms with van der Waals surface area (Å²) < 4.78 is 18.8. The number of fused-ring (bicyclic) bond motifs is 3. The van der Waals surface area contributed by atoms with E-state index in [-0.39, 0.29) is 31.1 Å². The molecular weight excluding hydrogens is 441 g/mol. The molecular formula is C26H24FNO6. The molecule has 34 heavy (non-hydrogen) atoms. The number of nitrogens with one attached hydrogen (secondary N) is 1. The monoisotopic (exact) mass is 465 g/mol. The fourth-order valence-electron chi connectivity index (χ4n) is 4.31. The third kappa shape index (κ3) is 4.78. The number of amides is 1. The molecule has 0 heterocycles. The van der Waals surface area contributed by atoms with Crippen LogP contribution in [0.4, 0.5) is 9.18 Å². The van der Waals surface area contributed by atoms with Crippen molar-refractivity contribution in [2.24, 2.45) is 0 Å². The first-order valence-electron chi connectivity index (χ1n) is 10.8. The lowest BCUT2D eigenvalue weighted by atomic mass is 9.97. The van der Waals surface area contributed by atoms with E-state index >= 15 is 0 Å². The van der Waals surface area contributed by atoms with Gasteiger partial charge in [0.1, 0.15) is 18.5 Å². The van der Waals surface area contributed by atoms with Gasteiger partial charge in [0.05, 0.1) is 11.7 Å². The minimum atomic E-state index is -1.56. The third-order valence-electron chi connectivity index (χ3n) is 5.98. The van der Waals surface area contributed by atoms with Gasteiger partial charge in [0.2, 0.25) is 0 Å². The van der Waals surface area contributed by atoms with Gasteiger partial charge in [0.15, 0.2) is 0 Å². The number of alkyl carbamates (subject to hydrolysis) is 1. The minimum absolute atomic E-state index is 0.0154. The molecule has 2 atom stereocenters. The number of aromatic carboxylic acids is 1. The van der Waals surface area contributed by atoms with E-state index < -0.39 is 35.7 Å². The molecule has 4 N–H and O–H groups in total. The quantitative estimate of drug-likeness (QED) is 0.402. The highest BCUT2D eigenvalue weighted by molar-refractivity contribution is 5.89. The highest BCUT2D eigenvalue weighted by atomic mass is 19.1. The summed E-state index contributed by atoms with van der Waals surface area (Å²) in [6.45, 7) is 0.126. The molecule has 3 aromatic carbocycles. The van der Waals surface area contributed by atoms with Crippen LogP contribution in [0.25, 0.3) is 11.1 Å². The van der Waals surface area contributed by atoms with Crippen LogP contribution in [0.5, 0.6) is 0 Å². The Morgan fingerprint density at radius 1 is 0.971 bits per heavy atom. The van der Waals surface area contributed by atoms with Crippen LogP contribution in [-0.4, -0.2) is 46.6 Å². The van der Waals surface area contributed by atoms with Gasteiger partial charge in [-0.05, 0) is 46.4 Å². The molecule has 0 fully saturated rings. The number of carbonyl (C=O) groups excluding carboxylic acids is 1. The van der Waals surface area contributed by atoms with Crippen LogP contribution < -0.4 is 5.32 Å². The summed E-state index contributed by atoms with van der Waals surface area (Å²) >= 11 is 0. The van der Waals surface area contributed by atoms with Crippen molar-refractivity contribution in [3.8, 4) is 11.1 Å². The molecule has 0 aromatic heterocycles. The highest BCUT2D eigenvalue weighted by Crippen LogP contribution is 2.44. The van der Waals surface area contributed by atoms with E-state index in [2.05, 4.69) is 5.32 Å². The van der Waals surface area contributed by atoms with Crippen LogP contribution in [0.15, 0.2) is 66.7 Å². The van der Waals surface area contributed by atoms with Crippen molar-refractivity contribution in [1.29, 1.82) is 0 Å². The van der Waals surface area contributed by atoms with Crippen molar-refractivity contribution >= 4 is 12.1 Å². The second kappa shape index (κ2) is 10.0. The van der Waals surface area contributed by atoms with Gasteiger partial charge in [-0.1, -0.05) is 54.6 Å². The first-order chi connectivity index (χ1) is 16.4. The molecule has 2 unspecified atom stereocenters. The molecule has 176 valence electrons. The van der Waals surface area contributed by atoms with Crippen LogP contribution in [0.1, 0.15) is 45.5 Å². The van der Waals surface area contributed by atoms with Gasteiger partial charge < -0.3 is 25.4 Å². The number of carboxylic acids is 1. The van der Waals surface area contributed by atoms with Crippen molar-refractivity contribution in [1.82, 2.24) is 5.32 Å². The van der Waals surface area contributed by atoms with E-state index in [1.165, 1.54) is 0 Å². The average Bonchev–Trinajstić information content (AvgIpc) is 3.16. The van der Waals surface area contributed by atoms with Crippen molar-refractivity contribution in [3.05, 3.63) is 94.8 Å². The number of carbonyl (C=O) groups is 2. The molecule has 0 saturated carbocycles. The lowest BCUT2D eigenvalue weighted by molar-refractivity contribution is 0.0127. The zero-order chi connectivity index (χ0) is 24.2. The van der Waals surface area contributed by atoms with E-state index in [0.29, 0.717) is 0 Å². The van der Waals surface area contributed by atoms with Crippen LogP contribution in [0.2, 0.25) is 0 Å². The van der Waals surface area contributed by atoms with E-state index in [9.17, 15) is 29.3 Å². The summed E-state index contributed by atoms with van der Waals surface area (Å²) in [4.78, 5) is 23.5. The number of aliphatic hydroxyl groups excluding tert-OH is 2. The third-order valence-corrected chi connectivity index (χ3v) is 5.98. The van der Waals surface area contributed by atoms with Crippen LogP contribution in [0, 0.1) is 5.82 Å². The summed E-state index contributed by atoms with van der Waals surface area (Å²) in [7, 11) is 0. The number of ether oxygens (including phenoxy) is 1. The number of hydrogen-bond donors (Lipinski definition) is 4. The molecule has 1 aliphatic rings. The van der Waals surface area contributed by atoms with E-state index in [4.69, 9.17) is 4.74 Å². The number of halogens is 1. The fraction of sp³-hybridized carbons (Fsp3) is 0.231. The smallest absolute Gasteiger partial charge is 0.407 e. The first-order valence-corrected chi connectivity index (χ1v) is 10.8. The molecule has 7 nitrogen and oxygen atoms in total. The van der Waals surface area contributed by atoms with Gasteiger partial charge in [0, 0.05) is 12.5 Å². The maximum atomic E-state index is 13.3. The number of carboxylic acid groups (broad SMARTS) is 1. The van der Waals surface area contributed by atoms with Crippen molar-refractivity contribution in [2.75, 3.05) is 13.2 Å². The van der Waals surface area contributed by atoms with Gasteiger partial charge in [-0.2, -0.15) is 0 Å². The first kappa shape index (κ1) is 23.4. The fourth-order valence-corrected chi connectivity index (χ4v) is 4.31. The molecule has 0 aliphatic heterocycles. The molecule has 1 amide bonds. The Kier molecular flexibility index (Phi) is 6.90. The summed E-state index contributed by atoms with van der Waals surface area (Å²) in [5.74, 6) is -2.27. The molecule has 0 saturated heterocycles. The Bertz CT molecular complexity index is 1170. The zero-order valence-corrected chi connectivity index (χ0v) is 18.1. The predicted octanol–water partition coefficient (Wildman–Crippen LogP) is 3.85. The summed E-state index contributed by atoms with van der Waals surface area (Å²) in [6, 6.07) is 18.8. The molecule has 8 heteroatoms. The lowest BCUT2D eigenvalue weighted by Gasteiger charge is -2.20. The molecule has 0 radical (unpaired) electrons. The molecule has 0 bridgehead atoms. The standard InChI is InChI=1S/C26H24FNO6/c27-15-9-10-20(21(13-15)25(31)32)24(30)23(29)11-12-28-26(33)34-14-22-18-7-3-1-5-16(18)17-6-2-4-8-19(17)22/h1-10,13,22-24,29-30H,11-12,14H2,(H,28,33)(H,31,32). The Balaban J connectivity index is 1.30. The van der Waals surface area contributed by atoms with Gasteiger partial charge >= 0.3 is 12.1 Å². The predicted molar refractivity (Wildman–Crippen MR) is 122 cm³/mol. The van der Waals surface area contributed by atoms with E-state index in [1.54, 1.807) is 0 Å². The molecule has 4 rings (SSSR count). The summed E-state index contributed by atoms with van der Waals surface area (Å²) in [6.07, 6.45) is -3.67. The van der Waals surface area contributed by atoms with Crippen LogP contribution >= 0.6 is 0 Å². The summed E-state index contributed by atoms with van der Waals surface area (Å²) in [5.41, 5.74) is 3.86. The number of benzene rings is 3. The van der Waals surface area contributed by atoms with E-state index in [0.717, 1.165) is 40.5 Å². The van der Waals surface area contributed by atoms with Gasteiger partial charge in [0.25, 0.3) is 0 Å². The number of hydrogen-bond acceptors (Lipinski definition) is 5. The van der Waals surface area contributed by atoms with Gasteiger partial charge in [-0.15, -0.1) is 0 Å². The zero-order valence-electron chi connectivity index (χ0n) is 18.1. The SMILES string of the molecule is O=C(NCCC(O)C(O)c1ccc(F)cc1C(=O)O)OCC1c2ccccc2-c2ccccc21. The van der Waals surface area contributed by atoms with Crippen LogP contribution in [-0.2, 0) is 4.74 Å². The second-order valence-electron chi connectivity index (χ2n) is 8.09. The Labute approximate surface area is 195 Å². The largest absolute Gasteiger partial charge is 0.478 e. The Morgan fingerprint density at radius 2 is 1.59 bits per heavy atom. The average molecular weight is 465 g/mol. The van der Waals surface area contributed by atoms with Crippen LogP contribution in [0.3, 0.4) is 0 Å². The number of aliphatic hydroxyl groups is 2. The molecule has 0 spiro atoms. The maximum absolute atomic E-state index is 13.3. The Morgan fingerprint density at radius 3 is 2.21 bits per heavy atom. The van der Waals surface area contributed by atoms with Crippen molar-refractivity contribution in [2.45, 2.75) is 24.5 Å². The normalized spacial score (nSPS) is 14.1. The van der Waals surface area contributed by atoms with E-state index in [1.807, 2.05) is 48.5 Å². The highest BCUT2D eigenvalue weighted by Gasteiger charge is 2.29.